The summed E-state index contributed by atoms with van der Waals surface area (Å²) in [4.78, 5) is 21.7. The van der Waals surface area contributed by atoms with Crippen LogP contribution in [-0.4, -0.2) is 37.1 Å². The van der Waals surface area contributed by atoms with Gasteiger partial charge in [0.2, 0.25) is 0 Å². The van der Waals surface area contributed by atoms with E-state index in [2.05, 4.69) is 11.0 Å². The number of methoxy groups -OCH3 is 1. The van der Waals surface area contributed by atoms with E-state index in [9.17, 15) is 14.4 Å². The molecule has 8 heteroatoms. The second-order valence-electron chi connectivity index (χ2n) is 8.18. The molecule has 1 aromatic heterocycles. The molecule has 0 aliphatic carbocycles. The van der Waals surface area contributed by atoms with Gasteiger partial charge in [-0.15, -0.1) is 0 Å². The van der Waals surface area contributed by atoms with Crippen LogP contribution in [0.2, 0.25) is 0 Å². The highest BCUT2D eigenvalue weighted by molar-refractivity contribution is 6.11. The van der Waals surface area contributed by atoms with Crippen molar-refractivity contribution in [2.45, 2.75) is 19.0 Å². The lowest BCUT2D eigenvalue weighted by Gasteiger charge is -2.20. The van der Waals surface area contributed by atoms with Crippen molar-refractivity contribution in [3.63, 3.8) is 0 Å². The standard InChI is InChI=1S/C25H22FN5O2/c1-33-20-5-2-4-19(26)24(20)23-15(12-27)8-9-17-18(23)14-31(25(17)32)22-7-3-6-21(29-22)30-11-10-16(28)13-30/h2-9,16H,10-11,13-14,28H2,1H3/t16-/m1/s1. The maximum Gasteiger partial charge on any atom is 0.260 e. The van der Waals surface area contributed by atoms with Crippen molar-refractivity contribution < 1.29 is 13.9 Å². The number of anilines is 2. The maximum absolute atomic E-state index is 15.0. The van der Waals surface area contributed by atoms with Gasteiger partial charge in [0.1, 0.15) is 23.2 Å². The van der Waals surface area contributed by atoms with Crippen molar-refractivity contribution in [1.29, 1.82) is 5.26 Å². The van der Waals surface area contributed by atoms with Crippen LogP contribution < -0.4 is 20.3 Å². The average molecular weight is 443 g/mol. The Morgan fingerprint density at radius 1 is 1.15 bits per heavy atom. The number of ether oxygens (including phenoxy) is 1. The Bertz CT molecular complexity index is 1300. The summed E-state index contributed by atoms with van der Waals surface area (Å²) >= 11 is 0. The first kappa shape index (κ1) is 20.9. The molecular weight excluding hydrogens is 421 g/mol. The minimum absolute atomic E-state index is 0.107. The van der Waals surface area contributed by atoms with E-state index in [0.29, 0.717) is 34.8 Å². The molecule has 0 radical (unpaired) electrons. The number of aromatic nitrogens is 1. The topological polar surface area (TPSA) is 95.5 Å². The number of hydrogen-bond acceptors (Lipinski definition) is 6. The van der Waals surface area contributed by atoms with Crippen LogP contribution in [0.3, 0.4) is 0 Å². The Morgan fingerprint density at radius 3 is 2.67 bits per heavy atom. The predicted molar refractivity (Wildman–Crippen MR) is 123 cm³/mol. The molecule has 3 aromatic rings. The molecule has 0 bridgehead atoms. The summed E-state index contributed by atoms with van der Waals surface area (Å²) in [6.07, 6.45) is 0.894. The molecule has 1 amide bonds. The van der Waals surface area contributed by atoms with Crippen LogP contribution in [-0.2, 0) is 6.54 Å². The first-order valence-corrected chi connectivity index (χ1v) is 10.7. The zero-order valence-corrected chi connectivity index (χ0v) is 18.1. The van der Waals surface area contributed by atoms with E-state index in [0.717, 1.165) is 18.8 Å². The summed E-state index contributed by atoms with van der Waals surface area (Å²) in [7, 11) is 1.45. The summed E-state index contributed by atoms with van der Waals surface area (Å²) in [6.45, 7) is 1.70. The summed E-state index contributed by atoms with van der Waals surface area (Å²) in [5, 5.41) is 9.75. The fourth-order valence-electron chi connectivity index (χ4n) is 4.60. The lowest BCUT2D eigenvalue weighted by atomic mass is 9.91. The molecule has 2 aromatic carbocycles. The number of nitrogens with two attached hydrogens (primary N) is 1. The van der Waals surface area contributed by atoms with Crippen LogP contribution in [0, 0.1) is 17.1 Å². The number of hydrogen-bond donors (Lipinski definition) is 1. The zero-order valence-electron chi connectivity index (χ0n) is 18.1. The van der Waals surface area contributed by atoms with Crippen molar-refractivity contribution in [3.8, 4) is 22.9 Å². The van der Waals surface area contributed by atoms with Crippen molar-refractivity contribution in [2.75, 3.05) is 30.0 Å². The van der Waals surface area contributed by atoms with Crippen molar-refractivity contribution in [2.24, 2.45) is 5.73 Å². The van der Waals surface area contributed by atoms with Gasteiger partial charge in [-0.2, -0.15) is 5.26 Å². The summed E-state index contributed by atoms with van der Waals surface area (Å²) in [5.41, 5.74) is 7.87. The number of halogens is 1. The molecule has 33 heavy (non-hydrogen) atoms. The summed E-state index contributed by atoms with van der Waals surface area (Å²) in [5.74, 6) is 0.804. The largest absolute Gasteiger partial charge is 0.496 e. The number of carbonyl (C=O) groups is 1. The van der Waals surface area contributed by atoms with Gasteiger partial charge < -0.3 is 15.4 Å². The fourth-order valence-corrected chi connectivity index (χ4v) is 4.60. The summed E-state index contributed by atoms with van der Waals surface area (Å²) < 4.78 is 20.3. The third-order valence-electron chi connectivity index (χ3n) is 6.22. The van der Waals surface area contributed by atoms with Gasteiger partial charge in [0.05, 0.1) is 30.9 Å². The van der Waals surface area contributed by atoms with Crippen molar-refractivity contribution in [3.05, 3.63) is 71.0 Å². The Hall–Kier alpha value is -3.96. The molecule has 1 atom stereocenters. The third-order valence-corrected chi connectivity index (χ3v) is 6.22. The molecule has 0 spiro atoms. The van der Waals surface area contributed by atoms with Gasteiger partial charge in [0.25, 0.3) is 5.91 Å². The van der Waals surface area contributed by atoms with E-state index in [-0.39, 0.29) is 29.6 Å². The molecule has 166 valence electrons. The van der Waals surface area contributed by atoms with Crippen LogP contribution in [0.25, 0.3) is 11.1 Å². The van der Waals surface area contributed by atoms with Gasteiger partial charge in [-0.25, -0.2) is 9.37 Å². The summed E-state index contributed by atoms with van der Waals surface area (Å²) in [6, 6.07) is 15.5. The molecule has 2 N–H and O–H groups in total. The monoisotopic (exact) mass is 443 g/mol. The minimum atomic E-state index is -0.518. The Morgan fingerprint density at radius 2 is 1.94 bits per heavy atom. The van der Waals surface area contributed by atoms with Gasteiger partial charge in [-0.3, -0.25) is 9.69 Å². The highest BCUT2D eigenvalue weighted by Gasteiger charge is 2.34. The van der Waals surface area contributed by atoms with E-state index >= 15 is 0 Å². The minimum Gasteiger partial charge on any atom is -0.496 e. The Labute approximate surface area is 190 Å². The first-order chi connectivity index (χ1) is 16.0. The van der Waals surface area contributed by atoms with Crippen molar-refractivity contribution >= 4 is 17.5 Å². The quantitative estimate of drug-likeness (QED) is 0.664. The van der Waals surface area contributed by atoms with E-state index in [1.807, 2.05) is 12.1 Å². The highest BCUT2D eigenvalue weighted by atomic mass is 19.1. The predicted octanol–water partition coefficient (Wildman–Crippen LogP) is 3.47. The van der Waals surface area contributed by atoms with Gasteiger partial charge in [-0.1, -0.05) is 12.1 Å². The Balaban J connectivity index is 1.59. The number of rotatable bonds is 4. The molecule has 3 heterocycles. The van der Waals surface area contributed by atoms with E-state index in [1.165, 1.54) is 13.2 Å². The fraction of sp³-hybridized carbons (Fsp3) is 0.240. The van der Waals surface area contributed by atoms with Crippen LogP contribution in [0.15, 0.2) is 48.5 Å². The molecule has 2 aliphatic heterocycles. The van der Waals surface area contributed by atoms with E-state index < -0.39 is 5.82 Å². The first-order valence-electron chi connectivity index (χ1n) is 10.7. The smallest absolute Gasteiger partial charge is 0.260 e. The second kappa shape index (κ2) is 8.19. The van der Waals surface area contributed by atoms with Crippen LogP contribution in [0.1, 0.15) is 27.9 Å². The molecular formula is C25H22FN5O2. The van der Waals surface area contributed by atoms with Gasteiger partial charge >= 0.3 is 0 Å². The molecule has 1 saturated heterocycles. The van der Waals surface area contributed by atoms with E-state index in [1.54, 1.807) is 35.2 Å². The highest BCUT2D eigenvalue weighted by Crippen LogP contribution is 2.42. The lowest BCUT2D eigenvalue weighted by molar-refractivity contribution is 0.0996. The van der Waals surface area contributed by atoms with Gasteiger partial charge in [0.15, 0.2) is 0 Å². The number of fused-ring (bicyclic) bond motifs is 1. The molecule has 7 nitrogen and oxygen atoms in total. The van der Waals surface area contributed by atoms with E-state index in [4.69, 9.17) is 15.5 Å². The maximum atomic E-state index is 15.0. The number of nitrogens with zero attached hydrogens (tertiary/aromatic N) is 4. The SMILES string of the molecule is COc1cccc(F)c1-c1c(C#N)ccc2c1CN(c1cccc(N3CC[C@@H](N)C3)n1)C2=O. The molecule has 5 rings (SSSR count). The van der Waals surface area contributed by atoms with Crippen LogP contribution in [0.5, 0.6) is 5.75 Å². The van der Waals surface area contributed by atoms with Crippen LogP contribution in [0.4, 0.5) is 16.0 Å². The number of nitriles is 1. The average Bonchev–Trinajstić information content (AvgIpc) is 3.42. The molecule has 0 unspecified atom stereocenters. The number of amides is 1. The number of benzene rings is 2. The zero-order chi connectivity index (χ0) is 23.1. The number of carbonyl (C=O) groups excluding carboxylic acids is 1. The molecule has 0 saturated carbocycles. The molecule has 2 aliphatic rings. The third kappa shape index (κ3) is 3.47. The molecule has 1 fully saturated rings. The van der Waals surface area contributed by atoms with Crippen molar-refractivity contribution in [1.82, 2.24) is 4.98 Å². The Kier molecular flexibility index (Phi) is 5.19. The lowest BCUT2D eigenvalue weighted by Crippen LogP contribution is -2.28. The number of pyridine rings is 1. The van der Waals surface area contributed by atoms with Gasteiger partial charge in [-0.05, 0) is 48.4 Å². The van der Waals surface area contributed by atoms with Gasteiger partial charge in [0, 0.05) is 30.3 Å². The second-order valence-corrected chi connectivity index (χ2v) is 8.18. The normalized spacial score (nSPS) is 17.3. The van der Waals surface area contributed by atoms with Crippen LogP contribution >= 0.6 is 0 Å².